The Labute approximate surface area is 151 Å². The highest BCUT2D eigenvalue weighted by atomic mass is 127. The van der Waals surface area contributed by atoms with Crippen LogP contribution in [-0.4, -0.2) is 18.5 Å². The van der Waals surface area contributed by atoms with E-state index in [0.29, 0.717) is 23.8 Å². The molecule has 3 nitrogen and oxygen atoms in total. The van der Waals surface area contributed by atoms with Gasteiger partial charge in [0.1, 0.15) is 0 Å². The highest BCUT2D eigenvalue weighted by Crippen LogP contribution is 2.47. The zero-order valence-electron chi connectivity index (χ0n) is 13.2. The third-order valence-corrected chi connectivity index (χ3v) is 4.85. The van der Waals surface area contributed by atoms with E-state index in [1.807, 2.05) is 0 Å². The maximum absolute atomic E-state index is 6.05. The minimum absolute atomic E-state index is 0. The first kappa shape index (κ1) is 17.6. The van der Waals surface area contributed by atoms with Crippen molar-refractivity contribution in [2.24, 2.45) is 16.6 Å². The van der Waals surface area contributed by atoms with Gasteiger partial charge in [0.25, 0.3) is 0 Å². The molecule has 1 aromatic carbocycles. The summed E-state index contributed by atoms with van der Waals surface area (Å²) in [7, 11) is 0. The Morgan fingerprint density at radius 2 is 1.77 bits per heavy atom. The van der Waals surface area contributed by atoms with E-state index in [4.69, 9.17) is 5.73 Å². The van der Waals surface area contributed by atoms with Gasteiger partial charge in [-0.1, -0.05) is 56.0 Å². The monoisotopic (exact) mass is 413 g/mol. The van der Waals surface area contributed by atoms with E-state index in [9.17, 15) is 0 Å². The summed E-state index contributed by atoms with van der Waals surface area (Å²) < 4.78 is 0. The molecule has 0 amide bonds. The fourth-order valence-electron chi connectivity index (χ4n) is 3.45. The third-order valence-electron chi connectivity index (χ3n) is 4.85. The number of nitrogens with two attached hydrogens (primary N) is 1. The summed E-state index contributed by atoms with van der Waals surface area (Å²) in [5, 5.41) is 3.42. The number of rotatable bonds is 4. The van der Waals surface area contributed by atoms with Crippen molar-refractivity contribution < 1.29 is 0 Å². The average Bonchev–Trinajstić information content (AvgIpc) is 3.30. The van der Waals surface area contributed by atoms with Crippen molar-refractivity contribution in [3.8, 4) is 0 Å². The molecule has 2 aliphatic carbocycles. The molecule has 0 bridgehead atoms. The van der Waals surface area contributed by atoms with E-state index in [1.165, 1.54) is 50.5 Å². The van der Waals surface area contributed by atoms with E-state index in [-0.39, 0.29) is 24.0 Å². The maximum Gasteiger partial charge on any atom is 0.188 e. The van der Waals surface area contributed by atoms with Crippen LogP contribution in [0.4, 0.5) is 0 Å². The third kappa shape index (κ3) is 5.14. The molecule has 0 aliphatic heterocycles. The lowest BCUT2D eigenvalue weighted by molar-refractivity contribution is 0.529. The molecule has 2 aliphatic rings. The lowest BCUT2D eigenvalue weighted by atomic mass is 10.1. The van der Waals surface area contributed by atoms with Gasteiger partial charge < -0.3 is 11.1 Å². The SMILES string of the molecule is I.NC(=NCC1CC1c1ccccc1)NC1CCCCCC1. The van der Waals surface area contributed by atoms with Crippen LogP contribution in [-0.2, 0) is 0 Å². The van der Waals surface area contributed by atoms with Gasteiger partial charge in [-0.3, -0.25) is 4.99 Å². The first-order chi connectivity index (χ1) is 10.3. The Morgan fingerprint density at radius 1 is 1.09 bits per heavy atom. The topological polar surface area (TPSA) is 50.4 Å². The van der Waals surface area contributed by atoms with Crippen molar-refractivity contribution in [2.75, 3.05) is 6.54 Å². The maximum atomic E-state index is 6.05. The summed E-state index contributed by atoms with van der Waals surface area (Å²) in [5.41, 5.74) is 7.51. The van der Waals surface area contributed by atoms with Crippen LogP contribution in [0.1, 0.15) is 56.4 Å². The van der Waals surface area contributed by atoms with Crippen LogP contribution in [0, 0.1) is 5.92 Å². The Kier molecular flexibility index (Phi) is 6.99. The van der Waals surface area contributed by atoms with Crippen molar-refractivity contribution in [3.05, 3.63) is 35.9 Å². The fraction of sp³-hybridized carbons (Fsp3) is 0.611. The molecule has 22 heavy (non-hydrogen) atoms. The van der Waals surface area contributed by atoms with Crippen LogP contribution < -0.4 is 11.1 Å². The van der Waals surface area contributed by atoms with Gasteiger partial charge in [-0.2, -0.15) is 0 Å². The molecule has 3 N–H and O–H groups in total. The summed E-state index contributed by atoms with van der Waals surface area (Å²) in [6.45, 7) is 0.866. The van der Waals surface area contributed by atoms with Gasteiger partial charge in [0.05, 0.1) is 0 Å². The minimum Gasteiger partial charge on any atom is -0.370 e. The molecule has 0 heterocycles. The number of hydrogen-bond donors (Lipinski definition) is 2. The molecule has 0 saturated heterocycles. The van der Waals surface area contributed by atoms with Gasteiger partial charge in [0.15, 0.2) is 5.96 Å². The second-order valence-electron chi connectivity index (χ2n) is 6.57. The molecular formula is C18H28IN3. The van der Waals surface area contributed by atoms with E-state index in [2.05, 4.69) is 40.6 Å². The average molecular weight is 413 g/mol. The van der Waals surface area contributed by atoms with Crippen molar-refractivity contribution in [2.45, 2.75) is 56.9 Å². The first-order valence-corrected chi connectivity index (χ1v) is 8.44. The van der Waals surface area contributed by atoms with Crippen LogP contribution in [0.2, 0.25) is 0 Å². The lowest BCUT2D eigenvalue weighted by Crippen LogP contribution is -2.40. The molecule has 4 heteroatoms. The number of benzene rings is 1. The second-order valence-corrected chi connectivity index (χ2v) is 6.57. The van der Waals surface area contributed by atoms with E-state index < -0.39 is 0 Å². The second kappa shape index (κ2) is 8.75. The summed E-state index contributed by atoms with van der Waals surface area (Å²) in [4.78, 5) is 4.57. The quantitative estimate of drug-likeness (QED) is 0.339. The number of aliphatic imine (C=N–C) groups is 1. The molecule has 2 atom stereocenters. The van der Waals surface area contributed by atoms with E-state index >= 15 is 0 Å². The Morgan fingerprint density at radius 3 is 2.45 bits per heavy atom. The highest BCUT2D eigenvalue weighted by molar-refractivity contribution is 14.0. The van der Waals surface area contributed by atoms with Gasteiger partial charge in [0, 0.05) is 12.6 Å². The van der Waals surface area contributed by atoms with Crippen molar-refractivity contribution in [1.82, 2.24) is 5.32 Å². The van der Waals surface area contributed by atoms with Crippen molar-refractivity contribution in [3.63, 3.8) is 0 Å². The normalized spacial score (nSPS) is 25.9. The zero-order valence-corrected chi connectivity index (χ0v) is 15.5. The lowest BCUT2D eigenvalue weighted by Gasteiger charge is -2.16. The molecule has 2 saturated carbocycles. The number of halogens is 1. The van der Waals surface area contributed by atoms with Crippen LogP contribution in [0.3, 0.4) is 0 Å². The smallest absolute Gasteiger partial charge is 0.188 e. The van der Waals surface area contributed by atoms with Crippen molar-refractivity contribution in [1.29, 1.82) is 0 Å². The van der Waals surface area contributed by atoms with Gasteiger partial charge in [-0.15, -0.1) is 24.0 Å². The van der Waals surface area contributed by atoms with Crippen molar-refractivity contribution >= 4 is 29.9 Å². The van der Waals surface area contributed by atoms with Gasteiger partial charge in [-0.25, -0.2) is 0 Å². The largest absolute Gasteiger partial charge is 0.370 e. The first-order valence-electron chi connectivity index (χ1n) is 8.44. The molecule has 2 fully saturated rings. The summed E-state index contributed by atoms with van der Waals surface area (Å²) in [5.74, 6) is 2.03. The van der Waals surface area contributed by atoms with Crippen LogP contribution >= 0.6 is 24.0 Å². The predicted molar refractivity (Wildman–Crippen MR) is 104 cm³/mol. The fourth-order valence-corrected chi connectivity index (χ4v) is 3.45. The van der Waals surface area contributed by atoms with Gasteiger partial charge in [-0.05, 0) is 36.7 Å². The minimum atomic E-state index is 0. The molecule has 2 unspecified atom stereocenters. The number of nitrogens with zero attached hydrogens (tertiary/aromatic N) is 1. The molecule has 122 valence electrons. The molecule has 3 rings (SSSR count). The molecule has 1 aromatic rings. The van der Waals surface area contributed by atoms with E-state index in [0.717, 1.165) is 6.54 Å². The summed E-state index contributed by atoms with van der Waals surface area (Å²) >= 11 is 0. The predicted octanol–water partition coefficient (Wildman–Crippen LogP) is 4.04. The highest BCUT2D eigenvalue weighted by Gasteiger charge is 2.37. The van der Waals surface area contributed by atoms with Gasteiger partial charge in [0.2, 0.25) is 0 Å². The summed E-state index contributed by atoms with van der Waals surface area (Å²) in [6.07, 6.45) is 9.13. The van der Waals surface area contributed by atoms with Gasteiger partial charge >= 0.3 is 0 Å². The number of guanidine groups is 1. The standard InChI is InChI=1S/C18H27N3.HI/c19-18(21-16-10-6-1-2-7-11-16)20-13-15-12-17(15)14-8-4-3-5-9-14;/h3-5,8-9,15-17H,1-2,6-7,10-13H2,(H3,19,20,21);1H. The molecule has 0 aromatic heterocycles. The van der Waals surface area contributed by atoms with Crippen LogP contribution in [0.5, 0.6) is 0 Å². The molecular weight excluding hydrogens is 385 g/mol. The van der Waals surface area contributed by atoms with Crippen LogP contribution in [0.25, 0.3) is 0 Å². The Balaban J connectivity index is 0.00000176. The number of hydrogen-bond acceptors (Lipinski definition) is 1. The zero-order chi connectivity index (χ0) is 14.5. The van der Waals surface area contributed by atoms with E-state index in [1.54, 1.807) is 0 Å². The molecule has 0 radical (unpaired) electrons. The van der Waals surface area contributed by atoms with Crippen LogP contribution in [0.15, 0.2) is 35.3 Å². The summed E-state index contributed by atoms with van der Waals surface area (Å²) in [6, 6.07) is 11.3. The Hall–Kier alpha value is -0.780. The number of nitrogens with one attached hydrogen (secondary N) is 1. The Bertz CT molecular complexity index is 466. The molecule has 0 spiro atoms.